The quantitative estimate of drug-likeness (QED) is 0.882. The Morgan fingerprint density at radius 3 is 2.48 bits per heavy atom. The summed E-state index contributed by atoms with van der Waals surface area (Å²) >= 11 is 5.96. The lowest BCUT2D eigenvalue weighted by atomic mass is 9.94. The molecule has 3 rings (SSSR count). The highest BCUT2D eigenvalue weighted by Gasteiger charge is 2.27. The van der Waals surface area contributed by atoms with Gasteiger partial charge in [-0.3, -0.25) is 4.90 Å². The Morgan fingerprint density at radius 1 is 1.13 bits per heavy atom. The SMILES string of the molecule is Cc1cc(Cl)ccc1NC(=O)N1CCN(C2CCCCC2)CC1. The summed E-state index contributed by atoms with van der Waals surface area (Å²) in [6.45, 7) is 5.59. The monoisotopic (exact) mass is 335 g/mol. The molecule has 0 aromatic heterocycles. The Morgan fingerprint density at radius 2 is 1.83 bits per heavy atom. The van der Waals surface area contributed by atoms with Gasteiger partial charge in [-0.15, -0.1) is 0 Å². The molecule has 23 heavy (non-hydrogen) atoms. The summed E-state index contributed by atoms with van der Waals surface area (Å²) in [6, 6.07) is 6.29. The molecule has 1 saturated carbocycles. The first kappa shape index (κ1) is 16.6. The van der Waals surface area contributed by atoms with E-state index in [0.29, 0.717) is 5.02 Å². The smallest absolute Gasteiger partial charge is 0.321 e. The number of benzene rings is 1. The first-order valence-corrected chi connectivity index (χ1v) is 9.07. The highest BCUT2D eigenvalue weighted by atomic mass is 35.5. The zero-order valence-corrected chi connectivity index (χ0v) is 14.6. The number of halogens is 1. The second-order valence-electron chi connectivity index (χ2n) is 6.70. The van der Waals surface area contributed by atoms with Crippen molar-refractivity contribution >= 4 is 23.3 Å². The first-order chi connectivity index (χ1) is 11.1. The molecule has 4 nitrogen and oxygen atoms in total. The normalized spacial score (nSPS) is 20.5. The van der Waals surface area contributed by atoms with Crippen LogP contribution in [-0.4, -0.2) is 48.1 Å². The Labute approximate surface area is 143 Å². The number of hydrogen-bond acceptors (Lipinski definition) is 2. The van der Waals surface area contributed by atoms with Gasteiger partial charge in [-0.05, 0) is 43.5 Å². The predicted molar refractivity (Wildman–Crippen MR) is 95.2 cm³/mol. The molecular formula is C18H26ClN3O. The summed E-state index contributed by atoms with van der Waals surface area (Å²) < 4.78 is 0. The van der Waals surface area contributed by atoms with E-state index in [1.807, 2.05) is 30.0 Å². The van der Waals surface area contributed by atoms with Crippen molar-refractivity contribution in [1.82, 2.24) is 9.80 Å². The second-order valence-corrected chi connectivity index (χ2v) is 7.14. The van der Waals surface area contributed by atoms with Crippen molar-refractivity contribution in [2.45, 2.75) is 45.1 Å². The standard InChI is InChI=1S/C18H26ClN3O/c1-14-13-15(19)7-8-17(14)20-18(23)22-11-9-21(10-12-22)16-5-3-2-4-6-16/h7-8,13,16H,2-6,9-12H2,1H3,(H,20,23). The Balaban J connectivity index is 1.51. The van der Waals surface area contributed by atoms with Gasteiger partial charge in [0.05, 0.1) is 0 Å². The highest BCUT2D eigenvalue weighted by molar-refractivity contribution is 6.30. The molecule has 0 unspecified atom stereocenters. The van der Waals surface area contributed by atoms with E-state index in [0.717, 1.165) is 43.5 Å². The second kappa shape index (κ2) is 7.54. The zero-order valence-electron chi connectivity index (χ0n) is 13.9. The molecule has 2 fully saturated rings. The Bertz CT molecular complexity index is 549. The molecule has 1 aromatic carbocycles. The van der Waals surface area contributed by atoms with Gasteiger partial charge in [0.15, 0.2) is 0 Å². The number of aryl methyl sites for hydroxylation is 1. The van der Waals surface area contributed by atoms with Gasteiger partial charge in [-0.25, -0.2) is 4.79 Å². The van der Waals surface area contributed by atoms with E-state index in [4.69, 9.17) is 11.6 Å². The molecular weight excluding hydrogens is 310 g/mol. The van der Waals surface area contributed by atoms with Crippen molar-refractivity contribution < 1.29 is 4.79 Å². The number of carbonyl (C=O) groups is 1. The molecule has 0 radical (unpaired) electrons. The molecule has 1 aliphatic heterocycles. The van der Waals surface area contributed by atoms with Gasteiger partial charge in [-0.1, -0.05) is 30.9 Å². The van der Waals surface area contributed by atoms with Crippen LogP contribution in [0.4, 0.5) is 10.5 Å². The van der Waals surface area contributed by atoms with Gasteiger partial charge in [0.1, 0.15) is 0 Å². The van der Waals surface area contributed by atoms with Gasteiger partial charge >= 0.3 is 6.03 Å². The number of anilines is 1. The van der Waals surface area contributed by atoms with Gasteiger partial charge in [0.25, 0.3) is 0 Å². The average molecular weight is 336 g/mol. The van der Waals surface area contributed by atoms with Crippen LogP contribution >= 0.6 is 11.6 Å². The van der Waals surface area contributed by atoms with Gasteiger partial charge in [0, 0.05) is 42.9 Å². The van der Waals surface area contributed by atoms with E-state index < -0.39 is 0 Å². The molecule has 2 amide bonds. The summed E-state index contributed by atoms with van der Waals surface area (Å²) in [6.07, 6.45) is 6.77. The molecule has 1 saturated heterocycles. The number of carbonyl (C=O) groups excluding carboxylic acids is 1. The lowest BCUT2D eigenvalue weighted by molar-refractivity contribution is 0.0943. The molecule has 1 aromatic rings. The van der Waals surface area contributed by atoms with Crippen LogP contribution in [0, 0.1) is 6.92 Å². The van der Waals surface area contributed by atoms with E-state index in [1.54, 1.807) is 0 Å². The van der Waals surface area contributed by atoms with Crippen LogP contribution in [0.2, 0.25) is 5.02 Å². The third-order valence-corrected chi connectivity index (χ3v) is 5.36. The molecule has 2 aliphatic rings. The maximum Gasteiger partial charge on any atom is 0.321 e. The van der Waals surface area contributed by atoms with E-state index in [1.165, 1.54) is 32.1 Å². The number of piperazine rings is 1. The lowest BCUT2D eigenvalue weighted by Crippen LogP contribution is -2.53. The summed E-state index contributed by atoms with van der Waals surface area (Å²) in [4.78, 5) is 17.0. The topological polar surface area (TPSA) is 35.6 Å². The minimum absolute atomic E-state index is 0.00119. The number of nitrogens with one attached hydrogen (secondary N) is 1. The summed E-state index contributed by atoms with van der Waals surface area (Å²) in [7, 11) is 0. The third-order valence-electron chi connectivity index (χ3n) is 5.12. The van der Waals surface area contributed by atoms with E-state index in [2.05, 4.69) is 10.2 Å². The van der Waals surface area contributed by atoms with Crippen molar-refractivity contribution in [3.8, 4) is 0 Å². The van der Waals surface area contributed by atoms with E-state index in [-0.39, 0.29) is 6.03 Å². The van der Waals surface area contributed by atoms with Crippen molar-refractivity contribution in [1.29, 1.82) is 0 Å². The van der Waals surface area contributed by atoms with Crippen molar-refractivity contribution in [2.75, 3.05) is 31.5 Å². The van der Waals surface area contributed by atoms with Crippen LogP contribution in [0.1, 0.15) is 37.7 Å². The van der Waals surface area contributed by atoms with Gasteiger partial charge in [-0.2, -0.15) is 0 Å². The molecule has 0 spiro atoms. The molecule has 5 heteroatoms. The van der Waals surface area contributed by atoms with Crippen LogP contribution in [-0.2, 0) is 0 Å². The van der Waals surface area contributed by atoms with Crippen molar-refractivity contribution in [3.05, 3.63) is 28.8 Å². The molecule has 0 atom stereocenters. The van der Waals surface area contributed by atoms with Crippen LogP contribution in [0.25, 0.3) is 0 Å². The lowest BCUT2D eigenvalue weighted by Gasteiger charge is -2.40. The Kier molecular flexibility index (Phi) is 5.44. The van der Waals surface area contributed by atoms with Crippen molar-refractivity contribution in [3.63, 3.8) is 0 Å². The van der Waals surface area contributed by atoms with Crippen LogP contribution < -0.4 is 5.32 Å². The third kappa shape index (κ3) is 4.18. The number of rotatable bonds is 2. The Hall–Kier alpha value is -1.26. The number of amides is 2. The molecule has 1 aliphatic carbocycles. The molecule has 126 valence electrons. The fourth-order valence-electron chi connectivity index (χ4n) is 3.70. The number of nitrogens with zero attached hydrogens (tertiary/aromatic N) is 2. The highest BCUT2D eigenvalue weighted by Crippen LogP contribution is 2.24. The number of urea groups is 1. The molecule has 1 heterocycles. The van der Waals surface area contributed by atoms with E-state index in [9.17, 15) is 4.79 Å². The molecule has 0 bridgehead atoms. The maximum absolute atomic E-state index is 12.5. The minimum atomic E-state index is -0.00119. The summed E-state index contributed by atoms with van der Waals surface area (Å²) in [5, 5.41) is 3.71. The maximum atomic E-state index is 12.5. The fourth-order valence-corrected chi connectivity index (χ4v) is 3.92. The van der Waals surface area contributed by atoms with Crippen molar-refractivity contribution in [2.24, 2.45) is 0 Å². The average Bonchev–Trinajstić information content (AvgIpc) is 2.58. The fraction of sp³-hybridized carbons (Fsp3) is 0.611. The largest absolute Gasteiger partial charge is 0.322 e. The molecule has 1 N–H and O–H groups in total. The first-order valence-electron chi connectivity index (χ1n) is 8.69. The minimum Gasteiger partial charge on any atom is -0.322 e. The summed E-state index contributed by atoms with van der Waals surface area (Å²) in [5.74, 6) is 0. The zero-order chi connectivity index (χ0) is 16.2. The summed E-state index contributed by atoms with van der Waals surface area (Å²) in [5.41, 5.74) is 1.83. The predicted octanol–water partition coefficient (Wildman–Crippen LogP) is 4.13. The number of hydrogen-bond donors (Lipinski definition) is 1. The van der Waals surface area contributed by atoms with Gasteiger partial charge < -0.3 is 10.2 Å². The van der Waals surface area contributed by atoms with Crippen LogP contribution in [0.3, 0.4) is 0 Å². The van der Waals surface area contributed by atoms with Crippen LogP contribution in [0.5, 0.6) is 0 Å². The van der Waals surface area contributed by atoms with Gasteiger partial charge in [0.2, 0.25) is 0 Å². The van der Waals surface area contributed by atoms with E-state index >= 15 is 0 Å². The van der Waals surface area contributed by atoms with Crippen LogP contribution in [0.15, 0.2) is 18.2 Å².